The lowest BCUT2D eigenvalue weighted by Gasteiger charge is -2.22. The molecular weight excluding hydrogens is 310 g/mol. The Balaban J connectivity index is 1.83. The van der Waals surface area contributed by atoms with Gasteiger partial charge in [0.15, 0.2) is 0 Å². The molecular formula is C22H21NO2. The molecule has 3 aromatic carbocycles. The van der Waals surface area contributed by atoms with Crippen molar-refractivity contribution in [2.24, 2.45) is 11.8 Å². The van der Waals surface area contributed by atoms with Crippen LogP contribution in [0.5, 0.6) is 5.75 Å². The Labute approximate surface area is 147 Å². The second-order valence-electron chi connectivity index (χ2n) is 6.89. The molecule has 1 aliphatic rings. The Morgan fingerprint density at radius 1 is 1.04 bits per heavy atom. The van der Waals surface area contributed by atoms with E-state index in [9.17, 15) is 9.90 Å². The molecule has 126 valence electrons. The van der Waals surface area contributed by atoms with Crippen LogP contribution in [0.15, 0.2) is 66.7 Å². The molecule has 0 aromatic heterocycles. The number of nitrogens with one attached hydrogen (secondary N) is 1. The summed E-state index contributed by atoms with van der Waals surface area (Å²) in [6, 6.07) is 21.0. The van der Waals surface area contributed by atoms with Gasteiger partial charge in [-0.2, -0.15) is 0 Å². The van der Waals surface area contributed by atoms with E-state index in [1.807, 2.05) is 60.7 Å². The molecule has 2 N–H and O–H groups in total. The van der Waals surface area contributed by atoms with Crippen LogP contribution in [0.2, 0.25) is 0 Å². The highest BCUT2D eigenvalue weighted by atomic mass is 16.3. The van der Waals surface area contributed by atoms with Crippen LogP contribution in [0.4, 0.5) is 0 Å². The SMILES string of the molecule is C[C@@H]1C[C@H]1C(=O)N[C@H](c1ccccc1)c1c(O)ccc2ccccc12. The average molecular weight is 331 g/mol. The summed E-state index contributed by atoms with van der Waals surface area (Å²) in [4.78, 5) is 12.6. The summed E-state index contributed by atoms with van der Waals surface area (Å²) in [6.07, 6.45) is 0.939. The molecule has 3 atom stereocenters. The topological polar surface area (TPSA) is 49.3 Å². The summed E-state index contributed by atoms with van der Waals surface area (Å²) in [5.74, 6) is 0.797. The van der Waals surface area contributed by atoms with Gasteiger partial charge in [0.05, 0.1) is 6.04 Å². The first kappa shape index (κ1) is 15.7. The molecule has 4 rings (SSSR count). The molecule has 0 unspecified atom stereocenters. The predicted octanol–water partition coefficient (Wildman–Crippen LogP) is 4.41. The van der Waals surface area contributed by atoms with Crippen molar-refractivity contribution in [3.8, 4) is 5.75 Å². The summed E-state index contributed by atoms with van der Waals surface area (Å²) in [5, 5.41) is 15.8. The molecule has 0 spiro atoms. The maximum absolute atomic E-state index is 12.6. The van der Waals surface area contributed by atoms with Gasteiger partial charge in [-0.1, -0.05) is 67.6 Å². The Bertz CT molecular complexity index is 920. The molecule has 0 bridgehead atoms. The van der Waals surface area contributed by atoms with Gasteiger partial charge in [0, 0.05) is 11.5 Å². The fraction of sp³-hybridized carbons (Fsp3) is 0.227. The first-order valence-electron chi connectivity index (χ1n) is 8.71. The summed E-state index contributed by atoms with van der Waals surface area (Å²) in [7, 11) is 0. The number of carbonyl (C=O) groups is 1. The van der Waals surface area contributed by atoms with Crippen molar-refractivity contribution >= 4 is 16.7 Å². The van der Waals surface area contributed by atoms with Crippen LogP contribution < -0.4 is 5.32 Å². The maximum atomic E-state index is 12.6. The fourth-order valence-electron chi connectivity index (χ4n) is 3.49. The van der Waals surface area contributed by atoms with Crippen LogP contribution in [0.3, 0.4) is 0 Å². The van der Waals surface area contributed by atoms with E-state index in [1.165, 1.54) is 0 Å². The minimum absolute atomic E-state index is 0.0636. The number of aromatic hydroxyl groups is 1. The van der Waals surface area contributed by atoms with E-state index < -0.39 is 0 Å². The van der Waals surface area contributed by atoms with Gasteiger partial charge in [0.2, 0.25) is 5.91 Å². The number of hydrogen-bond donors (Lipinski definition) is 2. The van der Waals surface area contributed by atoms with E-state index in [0.717, 1.165) is 28.3 Å². The zero-order chi connectivity index (χ0) is 17.4. The smallest absolute Gasteiger partial charge is 0.224 e. The lowest BCUT2D eigenvalue weighted by Crippen LogP contribution is -2.31. The minimum atomic E-state index is -0.368. The van der Waals surface area contributed by atoms with Crippen LogP contribution in [-0.2, 0) is 4.79 Å². The van der Waals surface area contributed by atoms with Gasteiger partial charge < -0.3 is 10.4 Å². The lowest BCUT2D eigenvalue weighted by molar-refractivity contribution is -0.123. The molecule has 0 saturated heterocycles. The monoisotopic (exact) mass is 331 g/mol. The van der Waals surface area contributed by atoms with Crippen molar-refractivity contribution in [1.82, 2.24) is 5.32 Å². The maximum Gasteiger partial charge on any atom is 0.224 e. The van der Waals surface area contributed by atoms with Crippen molar-refractivity contribution < 1.29 is 9.90 Å². The molecule has 1 saturated carbocycles. The number of rotatable bonds is 4. The molecule has 0 aliphatic heterocycles. The van der Waals surface area contributed by atoms with Gasteiger partial charge in [-0.05, 0) is 34.7 Å². The standard InChI is InChI=1S/C22H21NO2/c1-14-13-18(14)22(25)23-21(16-8-3-2-4-9-16)20-17-10-6-5-7-15(17)11-12-19(20)24/h2-12,14,18,21,24H,13H2,1H3,(H,23,25)/t14-,18-,21-/m1/s1. The van der Waals surface area contributed by atoms with Crippen molar-refractivity contribution in [1.29, 1.82) is 0 Å². The number of hydrogen-bond acceptors (Lipinski definition) is 2. The summed E-state index contributed by atoms with van der Waals surface area (Å²) >= 11 is 0. The molecule has 3 aromatic rings. The highest BCUT2D eigenvalue weighted by Crippen LogP contribution is 2.40. The molecule has 0 heterocycles. The third-order valence-electron chi connectivity index (χ3n) is 5.10. The predicted molar refractivity (Wildman–Crippen MR) is 99.3 cm³/mol. The van der Waals surface area contributed by atoms with Crippen LogP contribution in [0.1, 0.15) is 30.5 Å². The van der Waals surface area contributed by atoms with Gasteiger partial charge >= 0.3 is 0 Å². The first-order valence-corrected chi connectivity index (χ1v) is 8.71. The number of benzene rings is 3. The Kier molecular flexibility index (Phi) is 3.92. The van der Waals surface area contributed by atoms with E-state index in [2.05, 4.69) is 12.2 Å². The van der Waals surface area contributed by atoms with Gasteiger partial charge in [-0.3, -0.25) is 4.79 Å². The highest BCUT2D eigenvalue weighted by Gasteiger charge is 2.40. The van der Waals surface area contributed by atoms with Crippen molar-refractivity contribution in [3.63, 3.8) is 0 Å². The van der Waals surface area contributed by atoms with E-state index >= 15 is 0 Å². The number of phenolic OH excluding ortho intramolecular Hbond substituents is 1. The van der Waals surface area contributed by atoms with E-state index in [-0.39, 0.29) is 23.6 Å². The second-order valence-corrected chi connectivity index (χ2v) is 6.89. The molecule has 0 radical (unpaired) electrons. The second kappa shape index (κ2) is 6.25. The quantitative estimate of drug-likeness (QED) is 0.744. The van der Waals surface area contributed by atoms with Crippen LogP contribution >= 0.6 is 0 Å². The number of fused-ring (bicyclic) bond motifs is 1. The minimum Gasteiger partial charge on any atom is -0.508 e. The summed E-state index contributed by atoms with van der Waals surface area (Å²) in [6.45, 7) is 2.09. The van der Waals surface area contributed by atoms with Gasteiger partial charge in [0.25, 0.3) is 0 Å². The normalized spacial score (nSPS) is 20.2. The highest BCUT2D eigenvalue weighted by molar-refractivity contribution is 5.90. The number of carbonyl (C=O) groups excluding carboxylic acids is 1. The van der Waals surface area contributed by atoms with Crippen LogP contribution in [-0.4, -0.2) is 11.0 Å². The lowest BCUT2D eigenvalue weighted by atomic mass is 9.92. The molecule has 3 nitrogen and oxygen atoms in total. The number of phenols is 1. The Hall–Kier alpha value is -2.81. The summed E-state index contributed by atoms with van der Waals surface area (Å²) in [5.41, 5.74) is 1.72. The van der Waals surface area contributed by atoms with Gasteiger partial charge in [-0.15, -0.1) is 0 Å². The summed E-state index contributed by atoms with van der Waals surface area (Å²) < 4.78 is 0. The molecule has 1 fully saturated rings. The molecule has 1 aliphatic carbocycles. The Morgan fingerprint density at radius 2 is 1.72 bits per heavy atom. The van der Waals surface area contributed by atoms with Crippen molar-refractivity contribution in [3.05, 3.63) is 77.9 Å². The third-order valence-corrected chi connectivity index (χ3v) is 5.10. The average Bonchev–Trinajstić information content (AvgIpc) is 3.38. The largest absolute Gasteiger partial charge is 0.508 e. The molecule has 1 amide bonds. The molecule has 25 heavy (non-hydrogen) atoms. The zero-order valence-corrected chi connectivity index (χ0v) is 14.1. The van der Waals surface area contributed by atoms with E-state index in [1.54, 1.807) is 6.07 Å². The Morgan fingerprint density at radius 3 is 2.44 bits per heavy atom. The van der Waals surface area contributed by atoms with Gasteiger partial charge in [-0.25, -0.2) is 0 Å². The number of amides is 1. The van der Waals surface area contributed by atoms with Gasteiger partial charge in [0.1, 0.15) is 5.75 Å². The van der Waals surface area contributed by atoms with Crippen molar-refractivity contribution in [2.75, 3.05) is 0 Å². The van der Waals surface area contributed by atoms with Crippen LogP contribution in [0, 0.1) is 11.8 Å². The van der Waals surface area contributed by atoms with E-state index in [0.29, 0.717) is 5.92 Å². The third kappa shape index (κ3) is 2.98. The van der Waals surface area contributed by atoms with Crippen LogP contribution in [0.25, 0.3) is 10.8 Å². The zero-order valence-electron chi connectivity index (χ0n) is 14.1. The van der Waals surface area contributed by atoms with Crippen molar-refractivity contribution in [2.45, 2.75) is 19.4 Å². The van der Waals surface area contributed by atoms with E-state index in [4.69, 9.17) is 0 Å². The fourth-order valence-corrected chi connectivity index (χ4v) is 3.49. The first-order chi connectivity index (χ1) is 12.1. The molecule has 3 heteroatoms.